The number of halogens is 8. The Morgan fingerprint density at radius 3 is 2.29 bits per heavy atom. The van der Waals surface area contributed by atoms with Crippen LogP contribution in [0.3, 0.4) is 0 Å². The topological polar surface area (TPSA) is 40.5 Å². The van der Waals surface area contributed by atoms with Crippen molar-refractivity contribution in [1.29, 1.82) is 0 Å². The van der Waals surface area contributed by atoms with Gasteiger partial charge in [-0.15, -0.1) is 0 Å². The number of carboxylic acid groups (broad SMARTS) is 1. The maximum absolute atomic E-state index is 15.3. The van der Waals surface area contributed by atoms with Gasteiger partial charge in [0.25, 0.3) is 0 Å². The lowest BCUT2D eigenvalue weighted by Crippen LogP contribution is -2.40. The molecular weight excluding hydrogens is 539 g/mol. The summed E-state index contributed by atoms with van der Waals surface area (Å²) in [6.45, 7) is 5.14. The van der Waals surface area contributed by atoms with Crippen molar-refractivity contribution in [3.8, 4) is 11.8 Å². The highest BCUT2D eigenvalue weighted by molar-refractivity contribution is 6.30. The van der Waals surface area contributed by atoms with Crippen molar-refractivity contribution in [3.05, 3.63) is 81.6 Å². The van der Waals surface area contributed by atoms with Crippen LogP contribution in [0.5, 0.6) is 0 Å². The van der Waals surface area contributed by atoms with E-state index < -0.39 is 63.9 Å². The Labute approximate surface area is 219 Å². The number of nitrogens with zero attached hydrogens (tertiary/aromatic N) is 1. The number of carboxylic acids is 1. The van der Waals surface area contributed by atoms with E-state index in [2.05, 4.69) is 18.4 Å². The smallest absolute Gasteiger partial charge is 0.416 e. The van der Waals surface area contributed by atoms with Crippen LogP contribution in [0.25, 0.3) is 0 Å². The van der Waals surface area contributed by atoms with E-state index in [1.54, 1.807) is 0 Å². The van der Waals surface area contributed by atoms with Crippen LogP contribution in [0.15, 0.2) is 48.6 Å². The van der Waals surface area contributed by atoms with Crippen molar-refractivity contribution in [2.75, 3.05) is 6.54 Å². The van der Waals surface area contributed by atoms with Gasteiger partial charge in [0.1, 0.15) is 11.9 Å². The number of benzene rings is 2. The average Bonchev–Trinajstić information content (AvgIpc) is 2.80. The van der Waals surface area contributed by atoms with Crippen molar-refractivity contribution in [2.45, 2.75) is 50.6 Å². The molecule has 1 saturated heterocycles. The molecule has 3 rings (SSSR count). The van der Waals surface area contributed by atoms with Gasteiger partial charge in [-0.25, -0.2) is 4.39 Å². The number of allylic oxidation sites excluding steroid dienone is 1. The summed E-state index contributed by atoms with van der Waals surface area (Å²) in [5.74, 6) is 2.44. The summed E-state index contributed by atoms with van der Waals surface area (Å²) < 4.78 is 96.8. The monoisotopic (exact) mass is 561 g/mol. The summed E-state index contributed by atoms with van der Waals surface area (Å²) >= 11 is 5.88. The van der Waals surface area contributed by atoms with Crippen molar-refractivity contribution >= 4 is 17.6 Å². The third-order valence-electron chi connectivity index (χ3n) is 6.30. The molecule has 0 unspecified atom stereocenters. The Hall–Kier alpha value is -3.03. The molecule has 0 aromatic heterocycles. The molecule has 38 heavy (non-hydrogen) atoms. The molecule has 1 N–H and O–H groups in total. The molecule has 2 aromatic carbocycles. The van der Waals surface area contributed by atoms with E-state index in [1.165, 1.54) is 24.0 Å². The van der Waals surface area contributed by atoms with Crippen molar-refractivity contribution in [1.82, 2.24) is 4.90 Å². The molecule has 0 amide bonds. The van der Waals surface area contributed by atoms with Crippen LogP contribution in [0.2, 0.25) is 5.02 Å². The Balaban J connectivity index is 2.21. The number of carbonyl (C=O) groups is 1. The fraction of sp³-hybridized carbons (Fsp3) is 0.370. The van der Waals surface area contributed by atoms with Gasteiger partial charge in [0.05, 0.1) is 16.1 Å². The molecule has 0 aliphatic carbocycles. The van der Waals surface area contributed by atoms with E-state index in [9.17, 15) is 36.2 Å². The zero-order valence-electron chi connectivity index (χ0n) is 20.1. The van der Waals surface area contributed by atoms with E-state index in [0.29, 0.717) is 11.6 Å². The van der Waals surface area contributed by atoms with Crippen LogP contribution in [0, 0.1) is 23.6 Å². The van der Waals surface area contributed by atoms with Crippen molar-refractivity contribution < 1.29 is 40.6 Å². The highest BCUT2D eigenvalue weighted by Crippen LogP contribution is 2.45. The zero-order chi connectivity index (χ0) is 28.4. The summed E-state index contributed by atoms with van der Waals surface area (Å²) in [5.41, 5.74) is -2.44. The predicted molar refractivity (Wildman–Crippen MR) is 128 cm³/mol. The largest absolute Gasteiger partial charge is 0.481 e. The molecule has 0 radical (unpaired) electrons. The van der Waals surface area contributed by atoms with Gasteiger partial charge in [0.15, 0.2) is 0 Å². The van der Waals surface area contributed by atoms with Gasteiger partial charge in [0, 0.05) is 24.6 Å². The third kappa shape index (κ3) is 6.88. The van der Waals surface area contributed by atoms with E-state index in [4.69, 9.17) is 11.6 Å². The lowest BCUT2D eigenvalue weighted by atomic mass is 9.83. The van der Waals surface area contributed by atoms with Gasteiger partial charge in [-0.1, -0.05) is 42.2 Å². The molecule has 3 atom stereocenters. The van der Waals surface area contributed by atoms with E-state index in [0.717, 1.165) is 18.2 Å². The summed E-state index contributed by atoms with van der Waals surface area (Å²) in [7, 11) is 0. The molecule has 1 heterocycles. The minimum atomic E-state index is -4.96. The molecule has 0 bridgehead atoms. The number of piperidine rings is 1. The fourth-order valence-electron chi connectivity index (χ4n) is 4.61. The maximum Gasteiger partial charge on any atom is 0.416 e. The Morgan fingerprint density at radius 1 is 1.13 bits per heavy atom. The summed E-state index contributed by atoms with van der Waals surface area (Å²) in [6, 6.07) is 3.12. The lowest BCUT2D eigenvalue weighted by molar-refractivity contribution is -0.140. The van der Waals surface area contributed by atoms with Gasteiger partial charge in [-0.2, -0.15) is 26.3 Å². The predicted octanol–water partition coefficient (Wildman–Crippen LogP) is 8.07. The molecule has 1 fully saturated rings. The molecule has 1 aliphatic heterocycles. The SMILES string of the molecule is C=C(C)C#C[C@H](c1c(C(F)(F)F)ccc(Cl)c1F)N1CC[C@H](CC(=O)O)C[C@@H]1c1ccc(C(F)(F)F)cc1. The van der Waals surface area contributed by atoms with Gasteiger partial charge in [0.2, 0.25) is 0 Å². The third-order valence-corrected chi connectivity index (χ3v) is 6.60. The first-order chi connectivity index (χ1) is 17.6. The normalized spacial score (nSPS) is 19.4. The number of likely N-dealkylation sites (tertiary alicyclic amines) is 1. The molecule has 1 aliphatic rings. The quantitative estimate of drug-likeness (QED) is 0.296. The molecule has 204 valence electrons. The molecule has 11 heteroatoms. The summed E-state index contributed by atoms with van der Waals surface area (Å²) in [6.07, 6.45) is -9.50. The highest BCUT2D eigenvalue weighted by Gasteiger charge is 2.42. The zero-order valence-corrected chi connectivity index (χ0v) is 20.8. The average molecular weight is 562 g/mol. The molecule has 3 nitrogen and oxygen atoms in total. The number of hydrogen-bond donors (Lipinski definition) is 1. The standard InChI is InChI=1S/C27H23ClF7NO2/c1-15(2)3-10-21(24-19(27(33,34)35)8-9-20(28)25(24)29)36-12-11-16(14-23(37)38)13-22(36)17-4-6-18(7-5-17)26(30,31)32/h4-9,16,21-22H,1,11-14H2,2H3,(H,37,38)/t16-,21+,22+/m0/s1. The lowest BCUT2D eigenvalue weighted by Gasteiger charge is -2.43. The first-order valence-electron chi connectivity index (χ1n) is 11.5. The molecule has 2 aromatic rings. The van der Waals surface area contributed by atoms with Gasteiger partial charge in [-0.05, 0) is 61.1 Å². The summed E-state index contributed by atoms with van der Waals surface area (Å²) in [4.78, 5) is 12.8. The maximum atomic E-state index is 15.3. The van der Waals surface area contributed by atoms with Gasteiger partial charge < -0.3 is 5.11 Å². The number of hydrogen-bond acceptors (Lipinski definition) is 2. The minimum absolute atomic E-state index is 0.00240. The Kier molecular flexibility index (Phi) is 8.84. The van der Waals surface area contributed by atoms with E-state index >= 15 is 4.39 Å². The van der Waals surface area contributed by atoms with Gasteiger partial charge in [-0.3, -0.25) is 9.69 Å². The molecule has 0 saturated carbocycles. The number of aliphatic carboxylic acids is 1. The van der Waals surface area contributed by atoms with Crippen molar-refractivity contribution in [2.24, 2.45) is 5.92 Å². The van der Waals surface area contributed by atoms with Crippen LogP contribution < -0.4 is 0 Å². The number of rotatable bonds is 5. The highest BCUT2D eigenvalue weighted by atomic mass is 35.5. The van der Waals surface area contributed by atoms with Crippen LogP contribution in [-0.2, 0) is 17.1 Å². The number of alkyl halides is 6. The first kappa shape index (κ1) is 29.5. The minimum Gasteiger partial charge on any atom is -0.481 e. The second-order valence-electron chi connectivity index (χ2n) is 9.13. The Bertz CT molecular complexity index is 1260. The van der Waals surface area contributed by atoms with Crippen LogP contribution in [-0.4, -0.2) is 22.5 Å². The fourth-order valence-corrected chi connectivity index (χ4v) is 4.78. The first-order valence-corrected chi connectivity index (χ1v) is 11.8. The molecular formula is C27H23ClF7NO2. The van der Waals surface area contributed by atoms with E-state index in [-0.39, 0.29) is 31.4 Å². The van der Waals surface area contributed by atoms with E-state index in [1.807, 2.05) is 0 Å². The second kappa shape index (κ2) is 11.4. The van der Waals surface area contributed by atoms with Crippen LogP contribution in [0.1, 0.15) is 60.5 Å². The Morgan fingerprint density at radius 2 is 1.76 bits per heavy atom. The summed E-state index contributed by atoms with van der Waals surface area (Å²) in [5, 5.41) is 8.73. The van der Waals surface area contributed by atoms with Crippen LogP contribution >= 0.6 is 11.6 Å². The van der Waals surface area contributed by atoms with Crippen molar-refractivity contribution in [3.63, 3.8) is 0 Å². The second-order valence-corrected chi connectivity index (χ2v) is 9.54. The van der Waals surface area contributed by atoms with Crippen LogP contribution in [0.4, 0.5) is 30.7 Å². The molecule has 0 spiro atoms. The van der Waals surface area contributed by atoms with Gasteiger partial charge >= 0.3 is 18.3 Å².